The number of anilines is 1. The van der Waals surface area contributed by atoms with Gasteiger partial charge in [0.15, 0.2) is 0 Å². The van der Waals surface area contributed by atoms with Gasteiger partial charge >= 0.3 is 0 Å². The summed E-state index contributed by atoms with van der Waals surface area (Å²) in [5, 5.41) is 2.92. The summed E-state index contributed by atoms with van der Waals surface area (Å²) in [6, 6.07) is 15.5. The number of nitrogens with two attached hydrogens (primary N) is 1. The average Bonchev–Trinajstić information content (AvgIpc) is 2.41. The van der Waals surface area contributed by atoms with Crippen LogP contribution in [0.15, 0.2) is 48.5 Å². The molecule has 20 heavy (non-hydrogen) atoms. The van der Waals surface area contributed by atoms with E-state index < -0.39 is 0 Å². The standard InChI is InChI=1S/C17H20N2O/c1-12-6-3-4-7-14(12)11-17(20)19-16-9-5-8-15(10-16)13(2)18/h3-10,13H,11,18H2,1-2H3,(H,19,20). The van der Waals surface area contributed by atoms with Gasteiger partial charge in [-0.3, -0.25) is 4.79 Å². The number of benzene rings is 2. The van der Waals surface area contributed by atoms with Crippen LogP contribution in [-0.4, -0.2) is 5.91 Å². The maximum Gasteiger partial charge on any atom is 0.228 e. The third-order valence-electron chi connectivity index (χ3n) is 3.31. The lowest BCUT2D eigenvalue weighted by atomic mass is 10.1. The molecule has 2 rings (SSSR count). The van der Waals surface area contributed by atoms with Crippen molar-refractivity contribution in [2.24, 2.45) is 5.73 Å². The third-order valence-corrected chi connectivity index (χ3v) is 3.31. The number of hydrogen-bond acceptors (Lipinski definition) is 2. The Morgan fingerprint density at radius 2 is 1.95 bits per heavy atom. The fourth-order valence-corrected chi connectivity index (χ4v) is 2.09. The highest BCUT2D eigenvalue weighted by Crippen LogP contribution is 2.16. The maximum absolute atomic E-state index is 12.1. The second-order valence-electron chi connectivity index (χ2n) is 5.07. The highest BCUT2D eigenvalue weighted by atomic mass is 16.1. The summed E-state index contributed by atoms with van der Waals surface area (Å²) in [7, 11) is 0. The Bertz CT molecular complexity index is 605. The quantitative estimate of drug-likeness (QED) is 0.894. The Balaban J connectivity index is 2.05. The van der Waals surface area contributed by atoms with Gasteiger partial charge in [0.1, 0.15) is 0 Å². The van der Waals surface area contributed by atoms with E-state index in [9.17, 15) is 4.79 Å². The van der Waals surface area contributed by atoms with Crippen molar-refractivity contribution in [2.45, 2.75) is 26.3 Å². The molecule has 2 aromatic rings. The molecule has 1 amide bonds. The van der Waals surface area contributed by atoms with Crippen LogP contribution in [0.4, 0.5) is 5.69 Å². The van der Waals surface area contributed by atoms with E-state index in [1.54, 1.807) is 0 Å². The molecule has 0 aliphatic rings. The predicted octanol–water partition coefficient (Wildman–Crippen LogP) is 3.20. The zero-order valence-corrected chi connectivity index (χ0v) is 11.9. The van der Waals surface area contributed by atoms with Crippen LogP contribution >= 0.6 is 0 Å². The molecule has 0 spiro atoms. The first-order valence-electron chi connectivity index (χ1n) is 6.76. The minimum Gasteiger partial charge on any atom is -0.326 e. The van der Waals surface area contributed by atoms with Gasteiger partial charge in [0.2, 0.25) is 5.91 Å². The minimum absolute atomic E-state index is 0.0128. The molecule has 104 valence electrons. The van der Waals surface area contributed by atoms with Crippen LogP contribution in [0.25, 0.3) is 0 Å². The first-order valence-corrected chi connectivity index (χ1v) is 6.76. The highest BCUT2D eigenvalue weighted by molar-refractivity contribution is 5.92. The van der Waals surface area contributed by atoms with Crippen molar-refractivity contribution >= 4 is 11.6 Å². The number of nitrogens with one attached hydrogen (secondary N) is 1. The van der Waals surface area contributed by atoms with E-state index in [0.29, 0.717) is 6.42 Å². The van der Waals surface area contributed by atoms with Crippen molar-refractivity contribution < 1.29 is 4.79 Å². The van der Waals surface area contributed by atoms with Crippen LogP contribution in [0.1, 0.15) is 29.7 Å². The minimum atomic E-state index is -0.0387. The Morgan fingerprint density at radius 1 is 1.20 bits per heavy atom. The molecule has 3 heteroatoms. The second kappa shape index (κ2) is 6.35. The summed E-state index contributed by atoms with van der Waals surface area (Å²) >= 11 is 0. The van der Waals surface area contributed by atoms with Crippen molar-refractivity contribution in [3.8, 4) is 0 Å². The van der Waals surface area contributed by atoms with Crippen LogP contribution in [0, 0.1) is 6.92 Å². The van der Waals surface area contributed by atoms with Crippen molar-refractivity contribution in [1.82, 2.24) is 0 Å². The molecule has 2 aromatic carbocycles. The van der Waals surface area contributed by atoms with E-state index in [1.165, 1.54) is 0 Å². The molecule has 0 heterocycles. The number of hydrogen-bond donors (Lipinski definition) is 2. The summed E-state index contributed by atoms with van der Waals surface area (Å²) in [4.78, 5) is 12.1. The molecule has 3 nitrogen and oxygen atoms in total. The third kappa shape index (κ3) is 3.68. The van der Waals surface area contributed by atoms with Gasteiger partial charge in [-0.15, -0.1) is 0 Å². The van der Waals surface area contributed by atoms with Gasteiger partial charge in [-0.25, -0.2) is 0 Å². The summed E-state index contributed by atoms with van der Waals surface area (Å²) in [5.74, 6) is -0.0128. The van der Waals surface area contributed by atoms with Gasteiger partial charge in [0.25, 0.3) is 0 Å². The summed E-state index contributed by atoms with van der Waals surface area (Å²) in [6.07, 6.45) is 0.384. The number of rotatable bonds is 4. The largest absolute Gasteiger partial charge is 0.326 e. The van der Waals surface area contributed by atoms with Gasteiger partial charge in [-0.1, -0.05) is 36.4 Å². The first kappa shape index (κ1) is 14.3. The Labute approximate surface area is 119 Å². The smallest absolute Gasteiger partial charge is 0.228 e. The molecule has 3 N–H and O–H groups in total. The molecular formula is C17H20N2O. The summed E-state index contributed by atoms with van der Waals surface area (Å²) in [5.41, 5.74) is 9.83. The molecule has 0 fully saturated rings. The lowest BCUT2D eigenvalue weighted by molar-refractivity contribution is -0.115. The number of carbonyl (C=O) groups is 1. The molecular weight excluding hydrogens is 248 g/mol. The van der Waals surface area contributed by atoms with Crippen LogP contribution in [-0.2, 0) is 11.2 Å². The molecule has 0 aromatic heterocycles. The van der Waals surface area contributed by atoms with E-state index in [0.717, 1.165) is 22.4 Å². The monoisotopic (exact) mass is 268 g/mol. The van der Waals surface area contributed by atoms with Crippen LogP contribution in [0.3, 0.4) is 0 Å². The van der Waals surface area contributed by atoms with Gasteiger partial charge in [-0.05, 0) is 42.7 Å². The van der Waals surface area contributed by atoms with Gasteiger partial charge < -0.3 is 11.1 Å². The van der Waals surface area contributed by atoms with Crippen LogP contribution in [0.2, 0.25) is 0 Å². The fourth-order valence-electron chi connectivity index (χ4n) is 2.09. The molecule has 0 bridgehead atoms. The number of amides is 1. The van der Waals surface area contributed by atoms with E-state index in [4.69, 9.17) is 5.73 Å². The highest BCUT2D eigenvalue weighted by Gasteiger charge is 2.07. The first-order chi connectivity index (χ1) is 9.56. The van der Waals surface area contributed by atoms with E-state index in [-0.39, 0.29) is 11.9 Å². The molecule has 0 aliphatic heterocycles. The van der Waals surface area contributed by atoms with Gasteiger partial charge in [0, 0.05) is 11.7 Å². The van der Waals surface area contributed by atoms with Crippen LogP contribution < -0.4 is 11.1 Å². The summed E-state index contributed by atoms with van der Waals surface area (Å²) < 4.78 is 0. The Hall–Kier alpha value is -2.13. The molecule has 0 radical (unpaired) electrons. The topological polar surface area (TPSA) is 55.1 Å². The maximum atomic E-state index is 12.1. The van der Waals surface area contributed by atoms with Crippen molar-refractivity contribution in [2.75, 3.05) is 5.32 Å². The molecule has 0 aliphatic carbocycles. The molecule has 1 unspecified atom stereocenters. The van der Waals surface area contributed by atoms with Crippen LogP contribution in [0.5, 0.6) is 0 Å². The second-order valence-corrected chi connectivity index (χ2v) is 5.07. The lowest BCUT2D eigenvalue weighted by Crippen LogP contribution is -2.15. The normalized spacial score (nSPS) is 11.9. The molecule has 0 saturated heterocycles. The molecule has 1 atom stereocenters. The summed E-state index contributed by atoms with van der Waals surface area (Å²) in [6.45, 7) is 3.94. The predicted molar refractivity (Wildman–Crippen MR) is 82.6 cm³/mol. The van der Waals surface area contributed by atoms with E-state index >= 15 is 0 Å². The number of aryl methyl sites for hydroxylation is 1. The van der Waals surface area contributed by atoms with E-state index in [2.05, 4.69) is 5.32 Å². The Morgan fingerprint density at radius 3 is 2.65 bits per heavy atom. The zero-order chi connectivity index (χ0) is 14.5. The average molecular weight is 268 g/mol. The van der Waals surface area contributed by atoms with Crippen molar-refractivity contribution in [3.63, 3.8) is 0 Å². The van der Waals surface area contributed by atoms with Gasteiger partial charge in [0.05, 0.1) is 6.42 Å². The lowest BCUT2D eigenvalue weighted by Gasteiger charge is -2.10. The van der Waals surface area contributed by atoms with Crippen molar-refractivity contribution in [1.29, 1.82) is 0 Å². The fraction of sp³-hybridized carbons (Fsp3) is 0.235. The SMILES string of the molecule is Cc1ccccc1CC(=O)Nc1cccc(C(C)N)c1. The number of carbonyl (C=O) groups excluding carboxylic acids is 1. The molecule has 0 saturated carbocycles. The van der Waals surface area contributed by atoms with Gasteiger partial charge in [-0.2, -0.15) is 0 Å². The zero-order valence-electron chi connectivity index (χ0n) is 11.9. The Kier molecular flexibility index (Phi) is 4.53. The van der Waals surface area contributed by atoms with E-state index in [1.807, 2.05) is 62.4 Å². The van der Waals surface area contributed by atoms with Crippen molar-refractivity contribution in [3.05, 3.63) is 65.2 Å².